The molecule has 0 unspecified atom stereocenters. The molecule has 0 spiro atoms. The molecule has 5 nitrogen and oxygen atoms in total. The number of piperidine rings is 1. The van der Waals surface area contributed by atoms with Gasteiger partial charge in [0.15, 0.2) is 0 Å². The molecule has 5 heteroatoms. The molecule has 1 aliphatic rings. The third-order valence-corrected chi connectivity index (χ3v) is 4.00. The van der Waals surface area contributed by atoms with Gasteiger partial charge in [-0.1, -0.05) is 6.07 Å². The van der Waals surface area contributed by atoms with Crippen LogP contribution >= 0.6 is 0 Å². The number of benzene rings is 1. The van der Waals surface area contributed by atoms with Gasteiger partial charge in [-0.15, -0.1) is 10.2 Å². The second kappa shape index (κ2) is 6.05. The molecular weight excluding hydrogens is 250 g/mol. The third kappa shape index (κ3) is 3.17. The van der Waals surface area contributed by atoms with Gasteiger partial charge in [0.25, 0.3) is 0 Å². The van der Waals surface area contributed by atoms with Gasteiger partial charge in [0, 0.05) is 12.2 Å². The molecule has 0 amide bonds. The van der Waals surface area contributed by atoms with Crippen molar-refractivity contribution in [1.29, 1.82) is 0 Å². The summed E-state index contributed by atoms with van der Waals surface area (Å²) < 4.78 is 1.92. The van der Waals surface area contributed by atoms with Crippen LogP contribution in [-0.4, -0.2) is 46.3 Å². The first-order valence-corrected chi connectivity index (χ1v) is 7.19. The van der Waals surface area contributed by atoms with E-state index in [1.54, 1.807) is 12.7 Å². The molecule has 1 aromatic heterocycles. The Bertz CT molecular complexity index is 529. The lowest BCUT2D eigenvalue weighted by Crippen LogP contribution is -2.32. The molecule has 2 heterocycles. The van der Waals surface area contributed by atoms with Crippen molar-refractivity contribution < 1.29 is 0 Å². The second-order valence-electron chi connectivity index (χ2n) is 5.55. The normalized spacial score (nSPS) is 17.2. The quantitative estimate of drug-likeness (QED) is 0.924. The van der Waals surface area contributed by atoms with Crippen molar-refractivity contribution in [3.05, 3.63) is 36.9 Å². The number of hydrogen-bond acceptors (Lipinski definition) is 4. The minimum atomic E-state index is 0.782. The van der Waals surface area contributed by atoms with Crippen LogP contribution in [0.2, 0.25) is 0 Å². The van der Waals surface area contributed by atoms with E-state index in [-0.39, 0.29) is 0 Å². The topological polar surface area (TPSA) is 46.0 Å². The van der Waals surface area contributed by atoms with Gasteiger partial charge in [-0.2, -0.15) is 0 Å². The highest BCUT2D eigenvalue weighted by atomic mass is 15.2. The summed E-state index contributed by atoms with van der Waals surface area (Å²) in [6, 6.07) is 8.37. The Kier molecular flexibility index (Phi) is 3.97. The lowest BCUT2D eigenvalue weighted by atomic mass is 9.97. The molecule has 0 atom stereocenters. The number of aromatic nitrogens is 3. The zero-order valence-electron chi connectivity index (χ0n) is 11.9. The number of likely N-dealkylation sites (tertiary alicyclic amines) is 1. The maximum absolute atomic E-state index is 3.84. The number of nitrogens with zero attached hydrogens (tertiary/aromatic N) is 4. The van der Waals surface area contributed by atoms with E-state index >= 15 is 0 Å². The predicted octanol–water partition coefficient (Wildman–Crippen LogP) is 2.02. The van der Waals surface area contributed by atoms with E-state index in [4.69, 9.17) is 0 Å². The number of nitrogens with one attached hydrogen (secondary N) is 1. The number of hydrogen-bond donors (Lipinski definition) is 1. The van der Waals surface area contributed by atoms with E-state index in [1.807, 2.05) is 4.57 Å². The SMILES string of the molecule is CN1CCC(CNc2cccc(-n3cnnc3)c2)CC1. The van der Waals surface area contributed by atoms with E-state index in [1.165, 1.54) is 25.9 Å². The fourth-order valence-electron chi connectivity index (χ4n) is 2.64. The van der Waals surface area contributed by atoms with Gasteiger partial charge in [-0.25, -0.2) is 0 Å². The molecule has 0 bridgehead atoms. The Morgan fingerprint density at radius 1 is 1.20 bits per heavy atom. The monoisotopic (exact) mass is 271 g/mol. The first-order chi connectivity index (χ1) is 9.81. The second-order valence-corrected chi connectivity index (χ2v) is 5.55. The summed E-state index contributed by atoms with van der Waals surface area (Å²) in [4.78, 5) is 2.41. The zero-order valence-corrected chi connectivity index (χ0v) is 11.9. The van der Waals surface area contributed by atoms with Crippen molar-refractivity contribution in [1.82, 2.24) is 19.7 Å². The van der Waals surface area contributed by atoms with E-state index < -0.39 is 0 Å². The van der Waals surface area contributed by atoms with Gasteiger partial charge in [-0.05, 0) is 57.1 Å². The molecule has 1 fully saturated rings. The maximum atomic E-state index is 3.84. The summed E-state index contributed by atoms with van der Waals surface area (Å²) in [6.07, 6.45) is 6.01. The summed E-state index contributed by atoms with van der Waals surface area (Å²) in [7, 11) is 2.20. The Morgan fingerprint density at radius 2 is 1.95 bits per heavy atom. The summed E-state index contributed by atoms with van der Waals surface area (Å²) >= 11 is 0. The summed E-state index contributed by atoms with van der Waals surface area (Å²) in [6.45, 7) is 3.49. The van der Waals surface area contributed by atoms with Crippen LogP contribution in [0.4, 0.5) is 5.69 Å². The summed E-state index contributed by atoms with van der Waals surface area (Å²) in [5.41, 5.74) is 2.25. The highest BCUT2D eigenvalue weighted by Gasteiger charge is 2.16. The summed E-state index contributed by atoms with van der Waals surface area (Å²) in [5.74, 6) is 0.782. The van der Waals surface area contributed by atoms with Crippen LogP contribution in [0, 0.1) is 5.92 Å². The molecule has 0 saturated carbocycles. The minimum absolute atomic E-state index is 0.782. The van der Waals surface area contributed by atoms with Crippen molar-refractivity contribution in [2.24, 2.45) is 5.92 Å². The highest BCUT2D eigenvalue weighted by molar-refractivity contribution is 5.51. The van der Waals surface area contributed by atoms with E-state index in [0.29, 0.717) is 0 Å². The minimum Gasteiger partial charge on any atom is -0.385 e. The first kappa shape index (κ1) is 13.1. The molecule has 1 aliphatic heterocycles. The molecule has 1 aromatic carbocycles. The van der Waals surface area contributed by atoms with Crippen LogP contribution in [0.5, 0.6) is 0 Å². The molecule has 1 N–H and O–H groups in total. The molecule has 20 heavy (non-hydrogen) atoms. The average Bonchev–Trinajstić information content (AvgIpc) is 3.01. The molecule has 0 aliphatic carbocycles. The summed E-state index contributed by atoms with van der Waals surface area (Å²) in [5, 5.41) is 11.2. The van der Waals surface area contributed by atoms with Crippen molar-refractivity contribution in [3.63, 3.8) is 0 Å². The Balaban J connectivity index is 1.59. The van der Waals surface area contributed by atoms with Crippen molar-refractivity contribution >= 4 is 5.69 Å². The van der Waals surface area contributed by atoms with Crippen molar-refractivity contribution in [2.75, 3.05) is 32.0 Å². The first-order valence-electron chi connectivity index (χ1n) is 7.19. The van der Waals surface area contributed by atoms with Crippen LogP contribution in [-0.2, 0) is 0 Å². The third-order valence-electron chi connectivity index (χ3n) is 4.00. The Morgan fingerprint density at radius 3 is 2.70 bits per heavy atom. The molecule has 1 saturated heterocycles. The van der Waals surface area contributed by atoms with E-state index in [0.717, 1.165) is 23.8 Å². The van der Waals surface area contributed by atoms with Gasteiger partial charge in [0.2, 0.25) is 0 Å². The fraction of sp³-hybridized carbons (Fsp3) is 0.467. The zero-order chi connectivity index (χ0) is 13.8. The van der Waals surface area contributed by atoms with Crippen LogP contribution < -0.4 is 5.32 Å². The van der Waals surface area contributed by atoms with Gasteiger partial charge in [0.05, 0.1) is 5.69 Å². The Hall–Kier alpha value is -1.88. The van der Waals surface area contributed by atoms with E-state index in [9.17, 15) is 0 Å². The van der Waals surface area contributed by atoms with Crippen LogP contribution in [0.15, 0.2) is 36.9 Å². The van der Waals surface area contributed by atoms with Crippen LogP contribution in [0.1, 0.15) is 12.8 Å². The molecule has 106 valence electrons. The predicted molar refractivity (Wildman–Crippen MR) is 80.1 cm³/mol. The largest absolute Gasteiger partial charge is 0.385 e. The molecule has 2 aromatic rings. The van der Waals surface area contributed by atoms with Crippen LogP contribution in [0.3, 0.4) is 0 Å². The van der Waals surface area contributed by atoms with Gasteiger partial charge >= 0.3 is 0 Å². The van der Waals surface area contributed by atoms with E-state index in [2.05, 4.69) is 51.7 Å². The van der Waals surface area contributed by atoms with Gasteiger partial charge < -0.3 is 10.2 Å². The molecule has 0 radical (unpaired) electrons. The highest BCUT2D eigenvalue weighted by Crippen LogP contribution is 2.18. The Labute approximate surface area is 119 Å². The standard InChI is InChI=1S/C15H21N5/c1-19-7-5-13(6-8-19)10-16-14-3-2-4-15(9-14)20-11-17-18-12-20/h2-4,9,11-13,16H,5-8,10H2,1H3. The number of anilines is 1. The smallest absolute Gasteiger partial charge is 0.123 e. The van der Waals surface area contributed by atoms with Crippen molar-refractivity contribution in [3.8, 4) is 5.69 Å². The molecule has 3 rings (SSSR count). The number of rotatable bonds is 4. The van der Waals surface area contributed by atoms with Crippen molar-refractivity contribution in [2.45, 2.75) is 12.8 Å². The average molecular weight is 271 g/mol. The molecular formula is C15H21N5. The lowest BCUT2D eigenvalue weighted by molar-refractivity contribution is 0.226. The lowest BCUT2D eigenvalue weighted by Gasteiger charge is -2.29. The maximum Gasteiger partial charge on any atom is 0.123 e. The fourth-order valence-corrected chi connectivity index (χ4v) is 2.64. The van der Waals surface area contributed by atoms with Gasteiger partial charge in [0.1, 0.15) is 12.7 Å². The van der Waals surface area contributed by atoms with Crippen LogP contribution in [0.25, 0.3) is 5.69 Å². The van der Waals surface area contributed by atoms with Gasteiger partial charge in [-0.3, -0.25) is 4.57 Å².